The number of aliphatic hydroxyl groups is 1. The van der Waals surface area contributed by atoms with Gasteiger partial charge in [-0.15, -0.1) is 11.3 Å². The molecule has 2 N–H and O–H groups in total. The van der Waals surface area contributed by atoms with Crippen LogP contribution < -0.4 is 5.32 Å². The molecule has 1 aliphatic heterocycles. The van der Waals surface area contributed by atoms with Crippen LogP contribution in [-0.4, -0.2) is 46.2 Å². The van der Waals surface area contributed by atoms with Crippen molar-refractivity contribution in [2.24, 2.45) is 5.92 Å². The minimum Gasteiger partial charge on any atom is -0.395 e. The molecule has 0 aliphatic carbocycles. The number of anilines is 1. The Kier molecular flexibility index (Phi) is 3.87. The van der Waals surface area contributed by atoms with Crippen molar-refractivity contribution in [3.8, 4) is 0 Å². The summed E-state index contributed by atoms with van der Waals surface area (Å²) in [5.74, 6) is 2.25. The largest absolute Gasteiger partial charge is 0.395 e. The van der Waals surface area contributed by atoms with E-state index in [-0.39, 0.29) is 12.6 Å². The summed E-state index contributed by atoms with van der Waals surface area (Å²) >= 11 is 1.64. The van der Waals surface area contributed by atoms with Crippen molar-refractivity contribution in [3.63, 3.8) is 0 Å². The first-order chi connectivity index (χ1) is 9.72. The second-order valence-electron chi connectivity index (χ2n) is 5.36. The van der Waals surface area contributed by atoms with Crippen molar-refractivity contribution in [2.45, 2.75) is 25.9 Å². The standard InChI is InChI=1S/C14H20N4OS/c1-9-3-5-18(11(9)8-19)7-12-16-13(15-2)10-4-6-20-14(10)17-12/h4,6,9,11,19H,3,5,7-8H2,1-2H3,(H,15,16,17). The van der Waals surface area contributed by atoms with Gasteiger partial charge < -0.3 is 10.4 Å². The van der Waals surface area contributed by atoms with Crippen molar-refractivity contribution < 1.29 is 5.11 Å². The number of aliphatic hydroxyl groups excluding tert-OH is 1. The molecular formula is C14H20N4OS. The lowest BCUT2D eigenvalue weighted by Gasteiger charge is -2.24. The molecule has 0 bridgehead atoms. The molecule has 3 rings (SSSR count). The van der Waals surface area contributed by atoms with Crippen LogP contribution in [0.1, 0.15) is 19.2 Å². The van der Waals surface area contributed by atoms with Gasteiger partial charge in [0, 0.05) is 13.1 Å². The van der Waals surface area contributed by atoms with Gasteiger partial charge >= 0.3 is 0 Å². The van der Waals surface area contributed by atoms with Crippen molar-refractivity contribution in [3.05, 3.63) is 17.3 Å². The third kappa shape index (κ3) is 2.39. The van der Waals surface area contributed by atoms with Gasteiger partial charge in [-0.3, -0.25) is 4.90 Å². The highest BCUT2D eigenvalue weighted by atomic mass is 32.1. The quantitative estimate of drug-likeness (QED) is 0.902. The van der Waals surface area contributed by atoms with E-state index in [2.05, 4.69) is 27.1 Å². The Morgan fingerprint density at radius 3 is 3.10 bits per heavy atom. The SMILES string of the molecule is CNc1nc(CN2CCC(C)C2CO)nc2sccc12. The van der Waals surface area contributed by atoms with Gasteiger partial charge in [0.1, 0.15) is 16.5 Å². The van der Waals surface area contributed by atoms with Crippen LogP contribution in [-0.2, 0) is 6.54 Å². The number of thiophene rings is 1. The highest BCUT2D eigenvalue weighted by Gasteiger charge is 2.31. The molecular weight excluding hydrogens is 272 g/mol. The number of nitrogens with one attached hydrogen (secondary N) is 1. The molecule has 0 aromatic carbocycles. The number of hydrogen-bond acceptors (Lipinski definition) is 6. The van der Waals surface area contributed by atoms with E-state index in [1.165, 1.54) is 0 Å². The molecule has 0 saturated carbocycles. The Hall–Kier alpha value is -1.24. The minimum absolute atomic E-state index is 0.210. The number of rotatable bonds is 4. The highest BCUT2D eigenvalue weighted by Crippen LogP contribution is 2.28. The van der Waals surface area contributed by atoms with Gasteiger partial charge in [-0.2, -0.15) is 0 Å². The molecule has 0 amide bonds. The van der Waals surface area contributed by atoms with Crippen LogP contribution >= 0.6 is 11.3 Å². The smallest absolute Gasteiger partial charge is 0.146 e. The maximum absolute atomic E-state index is 9.53. The fraction of sp³-hybridized carbons (Fsp3) is 0.571. The second-order valence-corrected chi connectivity index (χ2v) is 6.26. The maximum Gasteiger partial charge on any atom is 0.146 e. The van der Waals surface area contributed by atoms with Gasteiger partial charge in [0.25, 0.3) is 0 Å². The van der Waals surface area contributed by atoms with E-state index in [1.54, 1.807) is 11.3 Å². The number of nitrogens with zero attached hydrogens (tertiary/aromatic N) is 3. The van der Waals surface area contributed by atoms with Gasteiger partial charge in [0.05, 0.1) is 18.5 Å². The Labute approximate surface area is 122 Å². The Morgan fingerprint density at radius 1 is 1.50 bits per heavy atom. The predicted octanol–water partition coefficient (Wildman–Crippen LogP) is 1.94. The number of hydrogen-bond donors (Lipinski definition) is 2. The molecule has 1 aliphatic rings. The topological polar surface area (TPSA) is 61.3 Å². The fourth-order valence-corrected chi connectivity index (χ4v) is 3.70. The number of fused-ring (bicyclic) bond motifs is 1. The average Bonchev–Trinajstić information content (AvgIpc) is 3.04. The van der Waals surface area contributed by atoms with Gasteiger partial charge in [-0.25, -0.2) is 9.97 Å². The Morgan fingerprint density at radius 2 is 2.35 bits per heavy atom. The summed E-state index contributed by atoms with van der Waals surface area (Å²) in [7, 11) is 1.89. The third-order valence-electron chi connectivity index (χ3n) is 4.14. The van der Waals surface area contributed by atoms with Crippen LogP contribution in [0.5, 0.6) is 0 Å². The van der Waals surface area contributed by atoms with E-state index in [4.69, 9.17) is 0 Å². The summed E-state index contributed by atoms with van der Waals surface area (Å²) in [6.45, 7) is 4.12. The first-order valence-electron chi connectivity index (χ1n) is 6.99. The lowest BCUT2D eigenvalue weighted by atomic mass is 10.0. The predicted molar refractivity (Wildman–Crippen MR) is 82.0 cm³/mol. The molecule has 20 heavy (non-hydrogen) atoms. The number of likely N-dealkylation sites (tertiary alicyclic amines) is 1. The summed E-state index contributed by atoms with van der Waals surface area (Å²) in [4.78, 5) is 12.6. The lowest BCUT2D eigenvalue weighted by Crippen LogP contribution is -2.35. The highest BCUT2D eigenvalue weighted by molar-refractivity contribution is 7.16. The van der Waals surface area contributed by atoms with Gasteiger partial charge in [-0.05, 0) is 30.3 Å². The number of aromatic nitrogens is 2. The summed E-state index contributed by atoms with van der Waals surface area (Å²) in [5.41, 5.74) is 0. The van der Waals surface area contributed by atoms with Crippen LogP contribution in [0.25, 0.3) is 10.2 Å². The molecule has 0 radical (unpaired) electrons. The zero-order valence-electron chi connectivity index (χ0n) is 11.8. The van der Waals surface area contributed by atoms with Crippen molar-refractivity contribution in [1.82, 2.24) is 14.9 Å². The third-order valence-corrected chi connectivity index (χ3v) is 4.94. The van der Waals surface area contributed by atoms with Crippen molar-refractivity contribution in [1.29, 1.82) is 0 Å². The second kappa shape index (κ2) is 5.63. The minimum atomic E-state index is 0.210. The van der Waals surface area contributed by atoms with Gasteiger partial charge in [-0.1, -0.05) is 6.92 Å². The molecule has 6 heteroatoms. The molecule has 108 valence electrons. The van der Waals surface area contributed by atoms with Gasteiger partial charge in [0.2, 0.25) is 0 Å². The molecule has 0 spiro atoms. The molecule has 2 atom stereocenters. The molecule has 1 saturated heterocycles. The maximum atomic E-state index is 9.53. The first-order valence-corrected chi connectivity index (χ1v) is 7.87. The monoisotopic (exact) mass is 292 g/mol. The summed E-state index contributed by atoms with van der Waals surface area (Å²) in [6, 6.07) is 2.28. The zero-order valence-corrected chi connectivity index (χ0v) is 12.7. The molecule has 1 fully saturated rings. The van der Waals surface area contributed by atoms with E-state index in [0.29, 0.717) is 12.5 Å². The van der Waals surface area contributed by atoms with Gasteiger partial charge in [0.15, 0.2) is 0 Å². The normalized spacial score (nSPS) is 23.6. The van der Waals surface area contributed by atoms with Crippen LogP contribution in [0.2, 0.25) is 0 Å². The van der Waals surface area contributed by atoms with E-state index in [1.807, 2.05) is 18.5 Å². The molecule has 2 aromatic rings. The fourth-order valence-electron chi connectivity index (χ4n) is 2.92. The van der Waals surface area contributed by atoms with Crippen LogP contribution in [0.4, 0.5) is 5.82 Å². The Balaban J connectivity index is 1.87. The molecule has 2 unspecified atom stereocenters. The van der Waals surface area contributed by atoms with Crippen LogP contribution in [0.15, 0.2) is 11.4 Å². The van der Waals surface area contributed by atoms with Crippen LogP contribution in [0.3, 0.4) is 0 Å². The average molecular weight is 292 g/mol. The first kappa shape index (κ1) is 13.7. The summed E-state index contributed by atoms with van der Waals surface area (Å²) in [6.07, 6.45) is 1.13. The van der Waals surface area contributed by atoms with Crippen LogP contribution in [0, 0.1) is 5.92 Å². The molecule has 5 nitrogen and oxygen atoms in total. The summed E-state index contributed by atoms with van der Waals surface area (Å²) in [5, 5.41) is 15.8. The molecule has 3 heterocycles. The van der Waals surface area contributed by atoms with E-state index >= 15 is 0 Å². The van der Waals surface area contributed by atoms with Crippen molar-refractivity contribution >= 4 is 27.4 Å². The lowest BCUT2D eigenvalue weighted by molar-refractivity contribution is 0.132. The zero-order chi connectivity index (χ0) is 14.1. The molecule has 2 aromatic heterocycles. The van der Waals surface area contributed by atoms with E-state index < -0.39 is 0 Å². The van der Waals surface area contributed by atoms with E-state index in [0.717, 1.165) is 34.8 Å². The van der Waals surface area contributed by atoms with E-state index in [9.17, 15) is 5.11 Å². The summed E-state index contributed by atoms with van der Waals surface area (Å²) < 4.78 is 0. The van der Waals surface area contributed by atoms with Crippen molar-refractivity contribution in [2.75, 3.05) is 25.5 Å². The Bertz CT molecular complexity index is 600.